The zero-order valence-corrected chi connectivity index (χ0v) is 9.57. The predicted octanol–water partition coefficient (Wildman–Crippen LogP) is 1.28. The molecule has 1 aliphatic heterocycles. The fourth-order valence-corrected chi connectivity index (χ4v) is 2.10. The topological polar surface area (TPSA) is 49.2 Å². The molecule has 0 spiro atoms. The number of aryl methyl sites for hydroxylation is 1. The molecule has 88 valence electrons. The van der Waals surface area contributed by atoms with Crippen molar-refractivity contribution < 1.29 is 9.50 Å². The van der Waals surface area contributed by atoms with Crippen LogP contribution in [0.2, 0.25) is 0 Å². The maximum absolute atomic E-state index is 13.7. The first-order chi connectivity index (χ1) is 7.56. The Labute approximate surface area is 94.1 Å². The molecule has 0 bridgehead atoms. The van der Waals surface area contributed by atoms with E-state index in [0.717, 1.165) is 12.8 Å². The first kappa shape index (κ1) is 11.3. The molecule has 5 heteroatoms. The van der Waals surface area contributed by atoms with Crippen molar-refractivity contribution in [2.75, 3.05) is 18.0 Å². The van der Waals surface area contributed by atoms with E-state index >= 15 is 0 Å². The molecular formula is C11H16FN3O. The molecule has 4 nitrogen and oxygen atoms in total. The van der Waals surface area contributed by atoms with Gasteiger partial charge in [-0.2, -0.15) is 0 Å². The van der Waals surface area contributed by atoms with Gasteiger partial charge in [-0.15, -0.1) is 0 Å². The fraction of sp³-hybridized carbons (Fsp3) is 0.636. The lowest BCUT2D eigenvalue weighted by molar-refractivity contribution is 0.00254. The first-order valence-corrected chi connectivity index (χ1v) is 5.50. The monoisotopic (exact) mass is 225 g/mol. The molecule has 1 saturated heterocycles. The lowest BCUT2D eigenvalue weighted by Gasteiger charge is -2.47. The molecule has 0 amide bonds. The van der Waals surface area contributed by atoms with Crippen molar-refractivity contribution in [3.63, 3.8) is 0 Å². The number of aromatic nitrogens is 2. The molecule has 1 aromatic rings. The van der Waals surface area contributed by atoms with Crippen LogP contribution in [0.5, 0.6) is 0 Å². The molecule has 0 aromatic carbocycles. The van der Waals surface area contributed by atoms with Gasteiger partial charge < -0.3 is 10.0 Å². The van der Waals surface area contributed by atoms with E-state index in [9.17, 15) is 9.50 Å². The van der Waals surface area contributed by atoms with Crippen molar-refractivity contribution in [1.82, 2.24) is 9.97 Å². The minimum absolute atomic E-state index is 0.299. The van der Waals surface area contributed by atoms with Gasteiger partial charge in [-0.1, -0.05) is 13.3 Å². The third-order valence-corrected chi connectivity index (χ3v) is 2.93. The highest BCUT2D eigenvalue weighted by molar-refractivity contribution is 5.45. The standard InChI is InChI=1S/C11H16FN3O/c1-3-4-11(16)5-15(6-11)10-9(12)8(2)13-7-14-10/h7,16H,3-6H2,1-2H3. The van der Waals surface area contributed by atoms with Gasteiger partial charge in [-0.25, -0.2) is 14.4 Å². The Kier molecular flexibility index (Phi) is 2.80. The van der Waals surface area contributed by atoms with Crippen LogP contribution in [-0.4, -0.2) is 33.8 Å². The van der Waals surface area contributed by atoms with Gasteiger partial charge in [0.05, 0.1) is 24.4 Å². The average Bonchev–Trinajstić information content (AvgIpc) is 2.19. The van der Waals surface area contributed by atoms with Crippen LogP contribution in [0.15, 0.2) is 6.33 Å². The Balaban J connectivity index is 2.09. The zero-order valence-electron chi connectivity index (χ0n) is 9.57. The third-order valence-electron chi connectivity index (χ3n) is 2.93. The Bertz CT molecular complexity index is 391. The van der Waals surface area contributed by atoms with Crippen molar-refractivity contribution in [2.45, 2.75) is 32.3 Å². The number of hydrogen-bond donors (Lipinski definition) is 1. The van der Waals surface area contributed by atoms with Crippen molar-refractivity contribution in [3.05, 3.63) is 17.8 Å². The molecule has 0 atom stereocenters. The van der Waals surface area contributed by atoms with E-state index in [0.29, 0.717) is 24.6 Å². The quantitative estimate of drug-likeness (QED) is 0.841. The van der Waals surface area contributed by atoms with E-state index in [1.54, 1.807) is 11.8 Å². The summed E-state index contributed by atoms with van der Waals surface area (Å²) in [6.07, 6.45) is 3.02. The molecule has 1 fully saturated rings. The molecule has 1 aromatic heterocycles. The van der Waals surface area contributed by atoms with E-state index in [1.165, 1.54) is 6.33 Å². The van der Waals surface area contributed by atoms with Gasteiger partial charge in [0.2, 0.25) is 0 Å². The number of halogens is 1. The summed E-state index contributed by atoms with van der Waals surface area (Å²) >= 11 is 0. The summed E-state index contributed by atoms with van der Waals surface area (Å²) in [4.78, 5) is 9.44. The summed E-state index contributed by atoms with van der Waals surface area (Å²) < 4.78 is 13.7. The molecule has 0 radical (unpaired) electrons. The van der Waals surface area contributed by atoms with Gasteiger partial charge in [-0.05, 0) is 13.3 Å². The van der Waals surface area contributed by atoms with E-state index in [2.05, 4.69) is 9.97 Å². The normalized spacial score (nSPS) is 18.4. The largest absolute Gasteiger partial charge is 0.386 e. The van der Waals surface area contributed by atoms with Crippen molar-refractivity contribution >= 4 is 5.82 Å². The van der Waals surface area contributed by atoms with Crippen LogP contribution >= 0.6 is 0 Å². The van der Waals surface area contributed by atoms with Crippen molar-refractivity contribution in [1.29, 1.82) is 0 Å². The number of β-amino-alcohol motifs (C(OH)–C–C–N with tert-alkyl or cyclic N) is 1. The van der Waals surface area contributed by atoms with Gasteiger partial charge >= 0.3 is 0 Å². The first-order valence-electron chi connectivity index (χ1n) is 5.50. The van der Waals surface area contributed by atoms with Gasteiger partial charge in [0.15, 0.2) is 11.6 Å². The summed E-state index contributed by atoms with van der Waals surface area (Å²) in [5.41, 5.74) is -0.323. The Morgan fingerprint density at radius 1 is 1.50 bits per heavy atom. The van der Waals surface area contributed by atoms with Crippen LogP contribution in [0.3, 0.4) is 0 Å². The maximum atomic E-state index is 13.7. The molecule has 1 N–H and O–H groups in total. The van der Waals surface area contributed by atoms with Crippen LogP contribution < -0.4 is 4.90 Å². The van der Waals surface area contributed by atoms with Crippen LogP contribution in [0.4, 0.5) is 10.2 Å². The molecule has 2 heterocycles. The number of aliphatic hydroxyl groups is 1. The summed E-state index contributed by atoms with van der Waals surface area (Å²) in [5.74, 6) is -0.0886. The van der Waals surface area contributed by atoms with Crippen LogP contribution in [0.1, 0.15) is 25.5 Å². The second kappa shape index (κ2) is 3.97. The summed E-state index contributed by atoms with van der Waals surface area (Å²) in [6, 6.07) is 0. The smallest absolute Gasteiger partial charge is 0.186 e. The van der Waals surface area contributed by atoms with Crippen LogP contribution in [-0.2, 0) is 0 Å². The molecule has 0 unspecified atom stereocenters. The second-order valence-electron chi connectivity index (χ2n) is 4.43. The van der Waals surface area contributed by atoms with E-state index in [-0.39, 0.29) is 5.82 Å². The zero-order chi connectivity index (χ0) is 11.8. The van der Waals surface area contributed by atoms with E-state index in [4.69, 9.17) is 0 Å². The molecule has 0 saturated carbocycles. The van der Waals surface area contributed by atoms with Crippen molar-refractivity contribution in [3.8, 4) is 0 Å². The van der Waals surface area contributed by atoms with Crippen LogP contribution in [0, 0.1) is 12.7 Å². The highest BCUT2D eigenvalue weighted by Gasteiger charge is 2.41. The Morgan fingerprint density at radius 3 is 2.81 bits per heavy atom. The van der Waals surface area contributed by atoms with Gasteiger partial charge in [0.25, 0.3) is 0 Å². The molecule has 16 heavy (non-hydrogen) atoms. The molecule has 2 rings (SSSR count). The Hall–Kier alpha value is -1.23. The number of anilines is 1. The van der Waals surface area contributed by atoms with Crippen LogP contribution in [0.25, 0.3) is 0 Å². The minimum atomic E-state index is -0.667. The molecular weight excluding hydrogens is 209 g/mol. The summed E-state index contributed by atoms with van der Waals surface area (Å²) in [6.45, 7) is 4.54. The van der Waals surface area contributed by atoms with E-state index < -0.39 is 5.60 Å². The van der Waals surface area contributed by atoms with Gasteiger partial charge in [0, 0.05) is 0 Å². The molecule has 0 aliphatic carbocycles. The van der Waals surface area contributed by atoms with Crippen molar-refractivity contribution in [2.24, 2.45) is 0 Å². The van der Waals surface area contributed by atoms with Gasteiger partial charge in [0.1, 0.15) is 6.33 Å². The fourth-order valence-electron chi connectivity index (χ4n) is 2.10. The predicted molar refractivity (Wildman–Crippen MR) is 58.8 cm³/mol. The minimum Gasteiger partial charge on any atom is -0.386 e. The maximum Gasteiger partial charge on any atom is 0.186 e. The van der Waals surface area contributed by atoms with E-state index in [1.807, 2.05) is 6.92 Å². The lowest BCUT2D eigenvalue weighted by Crippen LogP contribution is -2.62. The number of nitrogens with zero attached hydrogens (tertiary/aromatic N) is 3. The summed E-state index contributed by atoms with van der Waals surface area (Å²) in [7, 11) is 0. The second-order valence-corrected chi connectivity index (χ2v) is 4.43. The average molecular weight is 225 g/mol. The lowest BCUT2D eigenvalue weighted by atomic mass is 9.89. The third kappa shape index (κ3) is 1.87. The Morgan fingerprint density at radius 2 is 2.19 bits per heavy atom. The SMILES string of the molecule is CCCC1(O)CN(c2ncnc(C)c2F)C1. The molecule has 1 aliphatic rings. The summed E-state index contributed by atoms with van der Waals surface area (Å²) in [5, 5.41) is 9.99. The number of hydrogen-bond acceptors (Lipinski definition) is 4. The number of rotatable bonds is 3. The van der Waals surface area contributed by atoms with Gasteiger partial charge in [-0.3, -0.25) is 0 Å². The highest BCUT2D eigenvalue weighted by atomic mass is 19.1. The highest BCUT2D eigenvalue weighted by Crippen LogP contribution is 2.31.